The van der Waals surface area contributed by atoms with E-state index >= 15 is 0 Å². The van der Waals surface area contributed by atoms with Gasteiger partial charge in [0.25, 0.3) is 11.1 Å². The van der Waals surface area contributed by atoms with Crippen LogP contribution in [0.25, 0.3) is 6.08 Å². The Kier molecular flexibility index (Phi) is 8.15. The van der Waals surface area contributed by atoms with Gasteiger partial charge in [-0.05, 0) is 41.6 Å². The highest BCUT2D eigenvalue weighted by atomic mass is 35.5. The van der Waals surface area contributed by atoms with E-state index in [1.165, 1.54) is 13.2 Å². The van der Waals surface area contributed by atoms with Gasteiger partial charge in [-0.25, -0.2) is 0 Å². The van der Waals surface area contributed by atoms with Gasteiger partial charge in [0.15, 0.2) is 11.5 Å². The van der Waals surface area contributed by atoms with Gasteiger partial charge in [0.1, 0.15) is 13.2 Å². The summed E-state index contributed by atoms with van der Waals surface area (Å²) in [6.07, 6.45) is 1.52. The molecule has 2 heterocycles. The van der Waals surface area contributed by atoms with Crippen LogP contribution in [0.1, 0.15) is 16.7 Å². The second-order valence-corrected chi connectivity index (χ2v) is 9.25. The number of rotatable bonds is 7. The van der Waals surface area contributed by atoms with Crippen LogP contribution in [0, 0.1) is 11.3 Å². The Hall–Kier alpha value is -3.52. The van der Waals surface area contributed by atoms with E-state index in [9.17, 15) is 19.6 Å². The molecule has 0 aromatic heterocycles. The third-order valence-corrected chi connectivity index (χ3v) is 6.78. The molecule has 2 aromatic carbocycles. The summed E-state index contributed by atoms with van der Waals surface area (Å²) in [7, 11) is 1.46. The molecular formula is C25H22ClN3O6S. The number of carbonyl (C=O) groups excluding carboxylic acids is 3. The van der Waals surface area contributed by atoms with Gasteiger partial charge in [-0.1, -0.05) is 29.8 Å². The number of ether oxygens (including phenoxy) is 3. The number of nitrogens with zero attached hydrogens (tertiary/aromatic N) is 3. The Bertz CT molecular complexity index is 1270. The third-order valence-electron chi connectivity index (χ3n) is 5.59. The molecule has 9 nitrogen and oxygen atoms in total. The third kappa shape index (κ3) is 5.65. The van der Waals surface area contributed by atoms with Gasteiger partial charge < -0.3 is 19.1 Å². The molecule has 0 N–H and O–H groups in total. The van der Waals surface area contributed by atoms with Crippen LogP contribution in [0.4, 0.5) is 4.79 Å². The minimum absolute atomic E-state index is 0.106. The maximum atomic E-state index is 12.9. The molecule has 11 heteroatoms. The predicted octanol–water partition coefficient (Wildman–Crippen LogP) is 3.69. The van der Waals surface area contributed by atoms with E-state index in [0.717, 1.165) is 16.7 Å². The predicted molar refractivity (Wildman–Crippen MR) is 134 cm³/mol. The fourth-order valence-corrected chi connectivity index (χ4v) is 4.82. The number of imide groups is 1. The molecular weight excluding hydrogens is 506 g/mol. The molecule has 2 saturated heterocycles. The van der Waals surface area contributed by atoms with E-state index in [1.807, 2.05) is 6.07 Å². The zero-order valence-corrected chi connectivity index (χ0v) is 20.9. The summed E-state index contributed by atoms with van der Waals surface area (Å²) in [5, 5.41) is 8.99. The number of halogens is 1. The van der Waals surface area contributed by atoms with Crippen LogP contribution in [-0.2, 0) is 20.9 Å². The average Bonchev–Trinajstić information content (AvgIpc) is 3.15. The van der Waals surface area contributed by atoms with Crippen LogP contribution in [0.15, 0.2) is 41.3 Å². The first-order valence-electron chi connectivity index (χ1n) is 11.0. The molecule has 4 rings (SSSR count). The molecule has 186 valence electrons. The van der Waals surface area contributed by atoms with Gasteiger partial charge >= 0.3 is 0 Å². The van der Waals surface area contributed by atoms with Crippen molar-refractivity contribution in [1.82, 2.24) is 9.80 Å². The molecule has 0 bridgehead atoms. The zero-order valence-electron chi connectivity index (χ0n) is 19.4. The number of methoxy groups -OCH3 is 1. The van der Waals surface area contributed by atoms with Crippen molar-refractivity contribution in [2.45, 2.75) is 6.61 Å². The second kappa shape index (κ2) is 11.5. The molecule has 2 aliphatic rings. The zero-order chi connectivity index (χ0) is 25.7. The lowest BCUT2D eigenvalue weighted by atomic mass is 10.1. The Morgan fingerprint density at radius 2 is 2.00 bits per heavy atom. The molecule has 0 radical (unpaired) electrons. The Morgan fingerprint density at radius 3 is 2.72 bits per heavy atom. The summed E-state index contributed by atoms with van der Waals surface area (Å²) < 4.78 is 16.5. The fraction of sp³-hybridized carbons (Fsp3) is 0.280. The largest absolute Gasteiger partial charge is 0.493 e. The highest BCUT2D eigenvalue weighted by Crippen LogP contribution is 2.39. The molecule has 0 saturated carbocycles. The lowest BCUT2D eigenvalue weighted by molar-refractivity contribution is -0.139. The van der Waals surface area contributed by atoms with Gasteiger partial charge in [-0.15, -0.1) is 0 Å². The highest BCUT2D eigenvalue weighted by Gasteiger charge is 2.37. The summed E-state index contributed by atoms with van der Waals surface area (Å²) in [6.45, 7) is 1.51. The Morgan fingerprint density at radius 1 is 1.25 bits per heavy atom. The van der Waals surface area contributed by atoms with Crippen LogP contribution in [0.3, 0.4) is 0 Å². The topological polar surface area (TPSA) is 109 Å². The average molecular weight is 528 g/mol. The Labute approximate surface area is 217 Å². The van der Waals surface area contributed by atoms with Gasteiger partial charge in [-0.3, -0.25) is 19.3 Å². The first-order valence-corrected chi connectivity index (χ1v) is 12.2. The van der Waals surface area contributed by atoms with Crippen LogP contribution in [0.2, 0.25) is 5.02 Å². The minimum Gasteiger partial charge on any atom is -0.493 e. The molecule has 36 heavy (non-hydrogen) atoms. The molecule has 2 aliphatic heterocycles. The van der Waals surface area contributed by atoms with E-state index in [-0.39, 0.29) is 34.7 Å². The van der Waals surface area contributed by atoms with Crippen molar-refractivity contribution in [3.05, 3.63) is 63.0 Å². The number of nitriles is 1. The van der Waals surface area contributed by atoms with Crippen molar-refractivity contribution in [2.24, 2.45) is 0 Å². The first kappa shape index (κ1) is 25.6. The molecule has 0 spiro atoms. The second-order valence-electron chi connectivity index (χ2n) is 7.85. The number of morpholine rings is 1. The summed E-state index contributed by atoms with van der Waals surface area (Å²) >= 11 is 7.22. The number of hydrogen-bond donors (Lipinski definition) is 0. The van der Waals surface area contributed by atoms with Crippen molar-refractivity contribution < 1.29 is 28.6 Å². The smallest absolute Gasteiger partial charge is 0.294 e. The quantitative estimate of drug-likeness (QED) is 0.501. The SMILES string of the molecule is COc1cc(/C=C2\SC(=O)N(CC(=O)N3CCOCC3)C2=O)cc(Cl)c1OCc1ccccc1C#N. The van der Waals surface area contributed by atoms with E-state index in [1.54, 1.807) is 35.2 Å². The summed E-state index contributed by atoms with van der Waals surface area (Å²) in [5.41, 5.74) is 1.71. The monoisotopic (exact) mass is 527 g/mol. The van der Waals surface area contributed by atoms with Crippen LogP contribution in [0.5, 0.6) is 11.5 Å². The van der Waals surface area contributed by atoms with Crippen molar-refractivity contribution in [3.8, 4) is 17.6 Å². The van der Waals surface area contributed by atoms with Crippen LogP contribution >= 0.6 is 23.4 Å². The van der Waals surface area contributed by atoms with Crippen LogP contribution < -0.4 is 9.47 Å². The number of amides is 3. The maximum Gasteiger partial charge on any atom is 0.294 e. The number of hydrogen-bond acceptors (Lipinski definition) is 8. The number of benzene rings is 2. The van der Waals surface area contributed by atoms with E-state index < -0.39 is 11.1 Å². The number of carbonyl (C=O) groups is 3. The van der Waals surface area contributed by atoms with E-state index in [0.29, 0.717) is 48.7 Å². The molecule has 0 aliphatic carbocycles. The van der Waals surface area contributed by atoms with Crippen molar-refractivity contribution in [3.63, 3.8) is 0 Å². The van der Waals surface area contributed by atoms with E-state index in [2.05, 4.69) is 6.07 Å². The van der Waals surface area contributed by atoms with Crippen LogP contribution in [-0.4, -0.2) is 66.8 Å². The summed E-state index contributed by atoms with van der Waals surface area (Å²) in [4.78, 5) is 40.5. The van der Waals surface area contributed by atoms with Crippen molar-refractivity contribution >= 4 is 46.5 Å². The first-order chi connectivity index (χ1) is 17.4. The molecule has 0 atom stereocenters. The minimum atomic E-state index is -0.546. The van der Waals surface area contributed by atoms with Crippen molar-refractivity contribution in [1.29, 1.82) is 5.26 Å². The molecule has 2 fully saturated rings. The lowest BCUT2D eigenvalue weighted by Gasteiger charge is -2.28. The van der Waals surface area contributed by atoms with Crippen molar-refractivity contribution in [2.75, 3.05) is 40.0 Å². The highest BCUT2D eigenvalue weighted by molar-refractivity contribution is 8.18. The molecule has 3 amide bonds. The summed E-state index contributed by atoms with van der Waals surface area (Å²) in [6, 6.07) is 12.4. The molecule has 2 aromatic rings. The van der Waals surface area contributed by atoms with Gasteiger partial charge in [0.05, 0.1) is 41.9 Å². The van der Waals surface area contributed by atoms with E-state index in [4.69, 9.17) is 25.8 Å². The number of thioether (sulfide) groups is 1. The lowest BCUT2D eigenvalue weighted by Crippen LogP contribution is -2.46. The maximum absolute atomic E-state index is 12.9. The van der Waals surface area contributed by atoms with Gasteiger partial charge in [-0.2, -0.15) is 5.26 Å². The molecule has 0 unspecified atom stereocenters. The van der Waals surface area contributed by atoms with Gasteiger partial charge in [0, 0.05) is 18.7 Å². The standard InChI is InChI=1S/C25H22ClN3O6S/c1-33-20-11-16(10-19(26)23(20)35-15-18-5-3-2-4-17(18)13-27)12-21-24(31)29(25(32)36-21)14-22(30)28-6-8-34-9-7-28/h2-5,10-12H,6-9,14-15H2,1H3/b21-12-. The van der Waals surface area contributed by atoms with Gasteiger partial charge in [0.2, 0.25) is 5.91 Å². The normalized spacial score (nSPS) is 16.9. The fourth-order valence-electron chi connectivity index (χ4n) is 3.70. The summed E-state index contributed by atoms with van der Waals surface area (Å²) in [5.74, 6) is -0.237. The Balaban J connectivity index is 1.49.